The third-order valence-corrected chi connectivity index (χ3v) is 3.46. The van der Waals surface area contributed by atoms with Crippen LogP contribution in [0.3, 0.4) is 0 Å². The van der Waals surface area contributed by atoms with Gasteiger partial charge in [0.1, 0.15) is 0 Å². The highest BCUT2D eigenvalue weighted by Gasteiger charge is 2.08. The summed E-state index contributed by atoms with van der Waals surface area (Å²) in [5.41, 5.74) is 2.38. The van der Waals surface area contributed by atoms with Gasteiger partial charge in [0.15, 0.2) is 5.96 Å². The summed E-state index contributed by atoms with van der Waals surface area (Å²) in [5.74, 6) is 1.45. The lowest BCUT2D eigenvalue weighted by atomic mass is 10.1. The van der Waals surface area contributed by atoms with Crippen molar-refractivity contribution in [2.24, 2.45) is 10.9 Å². The minimum Gasteiger partial charge on any atom is -0.380 e. The molecule has 0 radical (unpaired) electrons. The van der Waals surface area contributed by atoms with Crippen LogP contribution in [0.15, 0.2) is 29.3 Å². The third-order valence-electron chi connectivity index (χ3n) is 3.46. The summed E-state index contributed by atoms with van der Waals surface area (Å²) in [7, 11) is 1.71. The SMILES string of the molecule is CCNC(=NCc1ccc(COC)cc1)NC(C)C(C)C. The molecule has 0 spiro atoms. The van der Waals surface area contributed by atoms with Crippen LogP contribution in [-0.2, 0) is 17.9 Å². The minimum absolute atomic E-state index is 0.395. The third kappa shape index (κ3) is 6.63. The van der Waals surface area contributed by atoms with E-state index in [0.29, 0.717) is 25.1 Å². The molecule has 0 fully saturated rings. The highest BCUT2D eigenvalue weighted by molar-refractivity contribution is 5.80. The van der Waals surface area contributed by atoms with Crippen molar-refractivity contribution < 1.29 is 4.74 Å². The summed E-state index contributed by atoms with van der Waals surface area (Å²) in [6.07, 6.45) is 0. The lowest BCUT2D eigenvalue weighted by molar-refractivity contribution is 0.185. The average Bonchev–Trinajstić information content (AvgIpc) is 2.46. The normalized spacial score (nSPS) is 13.3. The Morgan fingerprint density at radius 2 is 1.76 bits per heavy atom. The van der Waals surface area contributed by atoms with Crippen LogP contribution in [0.2, 0.25) is 0 Å². The molecule has 0 aliphatic heterocycles. The number of guanidine groups is 1. The summed E-state index contributed by atoms with van der Waals surface area (Å²) in [6.45, 7) is 10.9. The van der Waals surface area contributed by atoms with Crippen LogP contribution in [-0.4, -0.2) is 25.7 Å². The molecular formula is C17H29N3O. The van der Waals surface area contributed by atoms with E-state index in [1.54, 1.807) is 7.11 Å². The molecule has 0 heterocycles. The van der Waals surface area contributed by atoms with E-state index in [9.17, 15) is 0 Å². The zero-order valence-corrected chi connectivity index (χ0v) is 13.9. The molecule has 0 saturated carbocycles. The van der Waals surface area contributed by atoms with Crippen LogP contribution in [0, 0.1) is 5.92 Å². The summed E-state index contributed by atoms with van der Waals surface area (Å²) in [5, 5.41) is 6.73. The fourth-order valence-electron chi connectivity index (χ4n) is 1.78. The van der Waals surface area contributed by atoms with Gasteiger partial charge in [0.25, 0.3) is 0 Å². The fourth-order valence-corrected chi connectivity index (χ4v) is 1.78. The van der Waals surface area contributed by atoms with E-state index >= 15 is 0 Å². The number of methoxy groups -OCH3 is 1. The smallest absolute Gasteiger partial charge is 0.191 e. The van der Waals surface area contributed by atoms with Gasteiger partial charge in [-0.1, -0.05) is 38.1 Å². The Morgan fingerprint density at radius 1 is 1.14 bits per heavy atom. The largest absolute Gasteiger partial charge is 0.380 e. The minimum atomic E-state index is 0.395. The molecule has 1 rings (SSSR count). The van der Waals surface area contributed by atoms with E-state index in [2.05, 4.69) is 67.6 Å². The molecule has 118 valence electrons. The highest BCUT2D eigenvalue weighted by Crippen LogP contribution is 2.07. The van der Waals surface area contributed by atoms with Crippen LogP contribution in [0.5, 0.6) is 0 Å². The van der Waals surface area contributed by atoms with Crippen LogP contribution in [0.4, 0.5) is 0 Å². The molecule has 0 aliphatic rings. The number of nitrogens with one attached hydrogen (secondary N) is 2. The summed E-state index contributed by atoms with van der Waals surface area (Å²) in [6, 6.07) is 8.78. The quantitative estimate of drug-likeness (QED) is 0.600. The number of hydrogen-bond acceptors (Lipinski definition) is 2. The van der Waals surface area contributed by atoms with Crippen molar-refractivity contribution in [2.45, 2.75) is 46.9 Å². The zero-order valence-electron chi connectivity index (χ0n) is 13.9. The predicted octanol–water partition coefficient (Wildman–Crippen LogP) is 2.93. The molecule has 2 N–H and O–H groups in total. The number of rotatable bonds is 7. The van der Waals surface area contributed by atoms with Gasteiger partial charge in [0.05, 0.1) is 13.2 Å². The van der Waals surface area contributed by atoms with Crippen molar-refractivity contribution in [1.29, 1.82) is 0 Å². The molecule has 0 aromatic heterocycles. The lowest BCUT2D eigenvalue weighted by Gasteiger charge is -2.20. The first-order valence-electron chi connectivity index (χ1n) is 7.68. The molecule has 0 aliphatic carbocycles. The molecule has 0 saturated heterocycles. The Kier molecular flexibility index (Phi) is 7.83. The van der Waals surface area contributed by atoms with Gasteiger partial charge in [0, 0.05) is 19.7 Å². The van der Waals surface area contributed by atoms with E-state index < -0.39 is 0 Å². The van der Waals surface area contributed by atoms with Crippen molar-refractivity contribution in [2.75, 3.05) is 13.7 Å². The van der Waals surface area contributed by atoms with Gasteiger partial charge in [-0.2, -0.15) is 0 Å². The predicted molar refractivity (Wildman–Crippen MR) is 89.4 cm³/mol. The Balaban J connectivity index is 2.64. The number of aliphatic imine (C=N–C) groups is 1. The van der Waals surface area contributed by atoms with Gasteiger partial charge in [-0.3, -0.25) is 0 Å². The molecule has 1 unspecified atom stereocenters. The van der Waals surface area contributed by atoms with E-state index in [-0.39, 0.29) is 0 Å². The summed E-state index contributed by atoms with van der Waals surface area (Å²) < 4.78 is 5.12. The first-order valence-corrected chi connectivity index (χ1v) is 7.68. The molecular weight excluding hydrogens is 262 g/mol. The van der Waals surface area contributed by atoms with Crippen molar-refractivity contribution in [3.8, 4) is 0 Å². The highest BCUT2D eigenvalue weighted by atomic mass is 16.5. The molecule has 21 heavy (non-hydrogen) atoms. The van der Waals surface area contributed by atoms with Gasteiger partial charge in [-0.15, -0.1) is 0 Å². The second-order valence-corrected chi connectivity index (χ2v) is 5.62. The van der Waals surface area contributed by atoms with Crippen LogP contribution < -0.4 is 10.6 Å². The van der Waals surface area contributed by atoms with E-state index in [0.717, 1.165) is 12.5 Å². The Hall–Kier alpha value is -1.55. The first kappa shape index (κ1) is 17.5. The second kappa shape index (κ2) is 9.40. The van der Waals surface area contributed by atoms with Gasteiger partial charge >= 0.3 is 0 Å². The maximum atomic E-state index is 5.12. The topological polar surface area (TPSA) is 45.7 Å². The molecule has 4 heteroatoms. The summed E-state index contributed by atoms with van der Waals surface area (Å²) in [4.78, 5) is 4.64. The van der Waals surface area contributed by atoms with E-state index in [4.69, 9.17) is 4.74 Å². The van der Waals surface area contributed by atoms with Gasteiger partial charge in [-0.25, -0.2) is 4.99 Å². The van der Waals surface area contributed by atoms with Gasteiger partial charge in [-0.05, 0) is 30.9 Å². The molecule has 1 aromatic rings. The van der Waals surface area contributed by atoms with Crippen molar-refractivity contribution in [1.82, 2.24) is 10.6 Å². The van der Waals surface area contributed by atoms with Crippen molar-refractivity contribution >= 4 is 5.96 Å². The van der Waals surface area contributed by atoms with E-state index in [1.165, 1.54) is 11.1 Å². The number of ether oxygens (including phenoxy) is 1. The van der Waals surface area contributed by atoms with Crippen LogP contribution in [0.1, 0.15) is 38.8 Å². The van der Waals surface area contributed by atoms with Crippen molar-refractivity contribution in [3.05, 3.63) is 35.4 Å². The molecule has 1 aromatic carbocycles. The van der Waals surface area contributed by atoms with Crippen LogP contribution in [0.25, 0.3) is 0 Å². The molecule has 1 atom stereocenters. The summed E-state index contributed by atoms with van der Waals surface area (Å²) >= 11 is 0. The number of benzene rings is 1. The fraction of sp³-hybridized carbons (Fsp3) is 0.588. The van der Waals surface area contributed by atoms with Crippen molar-refractivity contribution in [3.63, 3.8) is 0 Å². The number of nitrogens with zero attached hydrogens (tertiary/aromatic N) is 1. The second-order valence-electron chi connectivity index (χ2n) is 5.62. The van der Waals surface area contributed by atoms with Crippen LogP contribution >= 0.6 is 0 Å². The maximum absolute atomic E-state index is 5.12. The first-order chi connectivity index (χ1) is 10.1. The lowest BCUT2D eigenvalue weighted by Crippen LogP contribution is -2.44. The van der Waals surface area contributed by atoms with Gasteiger partial charge in [0.2, 0.25) is 0 Å². The number of hydrogen-bond donors (Lipinski definition) is 2. The molecule has 4 nitrogen and oxygen atoms in total. The van der Waals surface area contributed by atoms with E-state index in [1.807, 2.05) is 0 Å². The monoisotopic (exact) mass is 291 g/mol. The zero-order chi connectivity index (χ0) is 15.7. The average molecular weight is 291 g/mol. The Morgan fingerprint density at radius 3 is 2.29 bits per heavy atom. The maximum Gasteiger partial charge on any atom is 0.191 e. The van der Waals surface area contributed by atoms with Gasteiger partial charge < -0.3 is 15.4 Å². The molecule has 0 amide bonds. The Bertz CT molecular complexity index is 426. The Labute approximate surface area is 129 Å². The standard InChI is InChI=1S/C17H29N3O/c1-6-18-17(20-14(4)13(2)3)19-11-15-7-9-16(10-8-15)12-21-5/h7-10,13-14H,6,11-12H2,1-5H3,(H2,18,19,20). The molecule has 0 bridgehead atoms.